The number of hydrogen-bond acceptors (Lipinski definition) is 4. The van der Waals surface area contributed by atoms with Crippen molar-refractivity contribution in [3.05, 3.63) is 17.8 Å². The van der Waals surface area contributed by atoms with Crippen LogP contribution in [0.1, 0.15) is 31.2 Å². The minimum absolute atomic E-state index is 0.0446. The lowest BCUT2D eigenvalue weighted by atomic mass is 10.1. The van der Waals surface area contributed by atoms with Crippen LogP contribution < -0.4 is 0 Å². The zero-order valence-corrected chi connectivity index (χ0v) is 8.76. The van der Waals surface area contributed by atoms with Gasteiger partial charge in [-0.3, -0.25) is 0 Å². The van der Waals surface area contributed by atoms with Gasteiger partial charge in [-0.05, 0) is 0 Å². The summed E-state index contributed by atoms with van der Waals surface area (Å²) in [5.74, 6) is 0.779. The molecule has 0 bridgehead atoms. The van der Waals surface area contributed by atoms with Crippen LogP contribution >= 0.6 is 0 Å². The van der Waals surface area contributed by atoms with Gasteiger partial charge in [0, 0.05) is 12.2 Å². The molecule has 0 fully saturated rings. The van der Waals surface area contributed by atoms with E-state index in [9.17, 15) is 8.42 Å². The van der Waals surface area contributed by atoms with Crippen LogP contribution in [0.15, 0.2) is 10.8 Å². The van der Waals surface area contributed by atoms with E-state index >= 15 is 0 Å². The average Bonchev–Trinajstić information content (AvgIpc) is 2.31. The molecule has 0 aliphatic heterocycles. The van der Waals surface area contributed by atoms with Crippen molar-refractivity contribution in [1.82, 2.24) is 4.98 Å². The number of aromatic nitrogens is 1. The first kappa shape index (κ1) is 10.2. The Balaban J connectivity index is 2.96. The molecule has 4 nitrogen and oxygen atoms in total. The second-order valence-corrected chi connectivity index (χ2v) is 5.53. The molecule has 0 aromatic carbocycles. The Morgan fingerprint density at radius 1 is 1.54 bits per heavy atom. The molecule has 0 spiro atoms. The van der Waals surface area contributed by atoms with Crippen LogP contribution in [0.5, 0.6) is 0 Å². The molecule has 0 saturated carbocycles. The standard InChI is InChI=1S/C8H13NO3S/c1-6(2)8-7(9-5-12-8)4-13(3,10)11/h5-6H,4H2,1-3H3. The number of sulfone groups is 1. The SMILES string of the molecule is CC(C)c1ocnc1CS(C)(=O)=O. The van der Waals surface area contributed by atoms with Gasteiger partial charge in [0.05, 0.1) is 11.4 Å². The van der Waals surface area contributed by atoms with Crippen molar-refractivity contribution in [1.29, 1.82) is 0 Å². The fourth-order valence-electron chi connectivity index (χ4n) is 1.10. The zero-order chi connectivity index (χ0) is 10.1. The lowest BCUT2D eigenvalue weighted by Crippen LogP contribution is -2.04. The van der Waals surface area contributed by atoms with Gasteiger partial charge >= 0.3 is 0 Å². The Morgan fingerprint density at radius 2 is 2.15 bits per heavy atom. The highest BCUT2D eigenvalue weighted by molar-refractivity contribution is 7.89. The third-order valence-electron chi connectivity index (χ3n) is 1.60. The molecule has 0 N–H and O–H groups in total. The number of oxazole rings is 1. The van der Waals surface area contributed by atoms with Gasteiger partial charge in [-0.2, -0.15) is 0 Å². The summed E-state index contributed by atoms with van der Waals surface area (Å²) >= 11 is 0. The summed E-state index contributed by atoms with van der Waals surface area (Å²) in [6.07, 6.45) is 2.47. The van der Waals surface area contributed by atoms with Gasteiger partial charge in [-0.1, -0.05) is 13.8 Å². The summed E-state index contributed by atoms with van der Waals surface area (Å²) in [4.78, 5) is 3.88. The van der Waals surface area contributed by atoms with Crippen LogP contribution in [0.3, 0.4) is 0 Å². The third kappa shape index (κ3) is 2.84. The van der Waals surface area contributed by atoms with E-state index in [1.54, 1.807) is 0 Å². The lowest BCUT2D eigenvalue weighted by Gasteiger charge is -2.01. The fraction of sp³-hybridized carbons (Fsp3) is 0.625. The first-order valence-corrected chi connectivity index (χ1v) is 6.06. The van der Waals surface area contributed by atoms with Gasteiger partial charge in [0.25, 0.3) is 0 Å². The highest BCUT2D eigenvalue weighted by Crippen LogP contribution is 2.19. The molecular weight excluding hydrogens is 190 g/mol. The van der Waals surface area contributed by atoms with Crippen LogP contribution in [0.2, 0.25) is 0 Å². The molecule has 0 radical (unpaired) electrons. The maximum Gasteiger partial charge on any atom is 0.181 e. The summed E-state index contributed by atoms with van der Waals surface area (Å²) < 4.78 is 27.1. The van der Waals surface area contributed by atoms with Crippen LogP contribution in [0, 0.1) is 0 Å². The normalized spacial score (nSPS) is 12.3. The van der Waals surface area contributed by atoms with Crippen LogP contribution in [-0.4, -0.2) is 19.7 Å². The first-order chi connectivity index (χ1) is 5.90. The predicted octanol–water partition coefficient (Wildman–Crippen LogP) is 1.34. The predicted molar refractivity (Wildman–Crippen MR) is 49.1 cm³/mol. The molecule has 13 heavy (non-hydrogen) atoms. The third-order valence-corrected chi connectivity index (χ3v) is 2.39. The summed E-state index contributed by atoms with van der Waals surface area (Å²) in [5, 5.41) is 0. The smallest absolute Gasteiger partial charge is 0.181 e. The number of rotatable bonds is 3. The number of nitrogens with zero attached hydrogens (tertiary/aromatic N) is 1. The quantitative estimate of drug-likeness (QED) is 0.743. The topological polar surface area (TPSA) is 60.2 Å². The minimum atomic E-state index is -3.03. The molecule has 0 unspecified atom stereocenters. The summed E-state index contributed by atoms with van der Waals surface area (Å²) in [7, 11) is -3.03. The molecule has 0 aliphatic carbocycles. The van der Waals surface area contributed by atoms with Gasteiger partial charge in [0.15, 0.2) is 16.2 Å². The Morgan fingerprint density at radius 3 is 2.62 bits per heavy atom. The van der Waals surface area contributed by atoms with Crippen LogP contribution in [0.4, 0.5) is 0 Å². The summed E-state index contributed by atoms with van der Waals surface area (Å²) in [6.45, 7) is 3.87. The molecule has 1 rings (SSSR count). The van der Waals surface area contributed by atoms with Crippen molar-refractivity contribution in [2.24, 2.45) is 0 Å². The lowest BCUT2D eigenvalue weighted by molar-refractivity contribution is 0.479. The first-order valence-electron chi connectivity index (χ1n) is 4.00. The van der Waals surface area contributed by atoms with Crippen LogP contribution in [-0.2, 0) is 15.6 Å². The Kier molecular flexibility index (Phi) is 2.75. The molecule has 5 heteroatoms. The molecule has 1 aromatic heterocycles. The van der Waals surface area contributed by atoms with E-state index < -0.39 is 9.84 Å². The van der Waals surface area contributed by atoms with Gasteiger partial charge in [0.2, 0.25) is 0 Å². The van der Waals surface area contributed by atoms with E-state index in [4.69, 9.17) is 4.42 Å². The van der Waals surface area contributed by atoms with Gasteiger partial charge in [-0.15, -0.1) is 0 Å². The van der Waals surface area contributed by atoms with Crippen LogP contribution in [0.25, 0.3) is 0 Å². The van der Waals surface area contributed by atoms with Crippen molar-refractivity contribution >= 4 is 9.84 Å². The van der Waals surface area contributed by atoms with E-state index in [1.165, 1.54) is 12.6 Å². The van der Waals surface area contributed by atoms with Crippen molar-refractivity contribution in [3.63, 3.8) is 0 Å². The van der Waals surface area contributed by atoms with E-state index in [-0.39, 0.29) is 11.7 Å². The van der Waals surface area contributed by atoms with Crippen molar-refractivity contribution in [3.8, 4) is 0 Å². The number of hydrogen-bond donors (Lipinski definition) is 0. The maximum absolute atomic E-state index is 11.0. The zero-order valence-electron chi connectivity index (χ0n) is 7.94. The van der Waals surface area contributed by atoms with E-state index in [1.807, 2.05) is 13.8 Å². The second kappa shape index (κ2) is 3.49. The molecule has 0 aliphatic rings. The molecule has 74 valence electrons. The largest absolute Gasteiger partial charge is 0.448 e. The second-order valence-electron chi connectivity index (χ2n) is 3.39. The van der Waals surface area contributed by atoms with Gasteiger partial charge in [0.1, 0.15) is 5.76 Å². The monoisotopic (exact) mass is 203 g/mol. The van der Waals surface area contributed by atoms with Gasteiger partial charge in [-0.25, -0.2) is 13.4 Å². The summed E-state index contributed by atoms with van der Waals surface area (Å²) in [6, 6.07) is 0. The average molecular weight is 203 g/mol. The van der Waals surface area contributed by atoms with E-state index in [0.29, 0.717) is 11.5 Å². The Labute approximate surface area is 77.9 Å². The highest BCUT2D eigenvalue weighted by Gasteiger charge is 2.15. The van der Waals surface area contributed by atoms with E-state index in [2.05, 4.69) is 4.98 Å². The molecule has 0 saturated heterocycles. The molecular formula is C8H13NO3S. The Bertz CT molecular complexity index is 378. The van der Waals surface area contributed by atoms with Gasteiger partial charge < -0.3 is 4.42 Å². The molecule has 0 atom stereocenters. The minimum Gasteiger partial charge on any atom is -0.448 e. The Hall–Kier alpha value is -0.840. The summed E-state index contributed by atoms with van der Waals surface area (Å²) in [5.41, 5.74) is 0.525. The molecule has 0 amide bonds. The van der Waals surface area contributed by atoms with E-state index in [0.717, 1.165) is 0 Å². The molecule has 1 heterocycles. The van der Waals surface area contributed by atoms with Crippen molar-refractivity contribution < 1.29 is 12.8 Å². The fourth-order valence-corrected chi connectivity index (χ4v) is 1.82. The maximum atomic E-state index is 11.0. The van der Waals surface area contributed by atoms with Crippen molar-refractivity contribution in [2.45, 2.75) is 25.5 Å². The highest BCUT2D eigenvalue weighted by atomic mass is 32.2. The molecule has 1 aromatic rings. The van der Waals surface area contributed by atoms with Crippen molar-refractivity contribution in [2.75, 3.05) is 6.26 Å².